The number of ether oxygens (including phenoxy) is 3. The molecule has 0 aliphatic carbocycles. The van der Waals surface area contributed by atoms with Gasteiger partial charge in [0.25, 0.3) is 0 Å². The van der Waals surface area contributed by atoms with Crippen molar-refractivity contribution in [2.24, 2.45) is 5.92 Å². The summed E-state index contributed by atoms with van der Waals surface area (Å²) >= 11 is 3.30. The monoisotopic (exact) mass is 459 g/mol. The smallest absolute Gasteiger partial charge is 0.311 e. The summed E-state index contributed by atoms with van der Waals surface area (Å²) in [4.78, 5) is 38.4. The molecular formula is C21H18BrNO6. The molecule has 0 bridgehead atoms. The molecule has 0 saturated carbocycles. The third-order valence-electron chi connectivity index (χ3n) is 4.87. The van der Waals surface area contributed by atoms with Gasteiger partial charge in [0.2, 0.25) is 12.7 Å². The van der Waals surface area contributed by atoms with E-state index in [1.54, 1.807) is 35.2 Å². The Morgan fingerprint density at radius 2 is 1.86 bits per heavy atom. The van der Waals surface area contributed by atoms with Gasteiger partial charge in [0.1, 0.15) is 0 Å². The second-order valence-corrected chi connectivity index (χ2v) is 7.82. The lowest BCUT2D eigenvalue weighted by Crippen LogP contribution is -2.27. The Labute approximate surface area is 175 Å². The average molecular weight is 460 g/mol. The third kappa shape index (κ3) is 4.42. The molecule has 2 aliphatic heterocycles. The van der Waals surface area contributed by atoms with Crippen molar-refractivity contribution in [3.8, 4) is 11.5 Å². The first-order valence-corrected chi connectivity index (χ1v) is 9.90. The van der Waals surface area contributed by atoms with Crippen LogP contribution in [0.1, 0.15) is 22.3 Å². The zero-order valence-electron chi connectivity index (χ0n) is 15.4. The number of rotatable bonds is 6. The van der Waals surface area contributed by atoms with Gasteiger partial charge in [0.15, 0.2) is 23.9 Å². The largest absolute Gasteiger partial charge is 0.457 e. The van der Waals surface area contributed by atoms with Crippen molar-refractivity contribution in [1.82, 2.24) is 4.90 Å². The fourth-order valence-electron chi connectivity index (χ4n) is 3.32. The number of ketones is 1. The number of hydrogen-bond acceptors (Lipinski definition) is 6. The van der Waals surface area contributed by atoms with E-state index < -0.39 is 11.9 Å². The fourth-order valence-corrected chi connectivity index (χ4v) is 3.58. The maximum absolute atomic E-state index is 12.3. The van der Waals surface area contributed by atoms with E-state index in [0.717, 1.165) is 10.0 Å². The van der Waals surface area contributed by atoms with Crippen LogP contribution in [0, 0.1) is 5.92 Å². The van der Waals surface area contributed by atoms with Crippen LogP contribution in [0.5, 0.6) is 11.5 Å². The number of carbonyl (C=O) groups is 3. The van der Waals surface area contributed by atoms with Crippen molar-refractivity contribution < 1.29 is 28.6 Å². The number of amides is 1. The minimum atomic E-state index is -0.575. The maximum atomic E-state index is 12.3. The van der Waals surface area contributed by atoms with Crippen molar-refractivity contribution in [2.75, 3.05) is 19.9 Å². The molecule has 0 radical (unpaired) electrons. The molecule has 29 heavy (non-hydrogen) atoms. The standard InChI is InChI=1S/C21H18BrNO6/c22-16-4-2-14(3-5-16)17(24)11-27-21(26)15-8-20(25)23(10-15)9-13-1-6-18-19(7-13)29-12-28-18/h1-7,15H,8-12H2. The average Bonchev–Trinajstić information content (AvgIpc) is 3.33. The van der Waals surface area contributed by atoms with Crippen LogP contribution in [-0.2, 0) is 20.9 Å². The van der Waals surface area contributed by atoms with E-state index in [2.05, 4.69) is 15.9 Å². The van der Waals surface area contributed by atoms with Crippen molar-refractivity contribution in [3.05, 3.63) is 58.1 Å². The van der Waals surface area contributed by atoms with Gasteiger partial charge >= 0.3 is 5.97 Å². The third-order valence-corrected chi connectivity index (χ3v) is 5.40. The molecule has 1 amide bonds. The Balaban J connectivity index is 1.30. The molecule has 0 N–H and O–H groups in total. The molecule has 0 aromatic heterocycles. The number of hydrogen-bond donors (Lipinski definition) is 0. The lowest BCUT2D eigenvalue weighted by Gasteiger charge is -2.16. The first kappa shape index (κ1) is 19.4. The molecule has 8 heteroatoms. The number of halogens is 1. The van der Waals surface area contributed by atoms with Crippen LogP contribution in [0.15, 0.2) is 46.9 Å². The molecule has 2 aromatic rings. The molecule has 1 atom stereocenters. The molecule has 1 saturated heterocycles. The normalized spacial score (nSPS) is 17.5. The molecule has 2 aromatic carbocycles. The highest BCUT2D eigenvalue weighted by atomic mass is 79.9. The lowest BCUT2D eigenvalue weighted by molar-refractivity contribution is -0.147. The summed E-state index contributed by atoms with van der Waals surface area (Å²) in [5, 5.41) is 0. The molecule has 0 spiro atoms. The van der Waals surface area contributed by atoms with Crippen LogP contribution < -0.4 is 9.47 Å². The Morgan fingerprint density at radius 1 is 1.10 bits per heavy atom. The van der Waals surface area contributed by atoms with E-state index in [-0.39, 0.29) is 38.1 Å². The van der Waals surface area contributed by atoms with Crippen LogP contribution in [0.25, 0.3) is 0 Å². The molecule has 1 unspecified atom stereocenters. The van der Waals surface area contributed by atoms with Crippen LogP contribution in [-0.4, -0.2) is 42.5 Å². The van der Waals surface area contributed by atoms with Gasteiger partial charge in [0.05, 0.1) is 5.92 Å². The van der Waals surface area contributed by atoms with Gasteiger partial charge in [-0.3, -0.25) is 14.4 Å². The van der Waals surface area contributed by atoms with Crippen molar-refractivity contribution in [3.63, 3.8) is 0 Å². The zero-order chi connectivity index (χ0) is 20.4. The summed E-state index contributed by atoms with van der Waals surface area (Å²) in [5.41, 5.74) is 1.36. The summed E-state index contributed by atoms with van der Waals surface area (Å²) in [5.74, 6) is -0.183. The first-order chi connectivity index (χ1) is 14.0. The number of nitrogens with zero attached hydrogens (tertiary/aromatic N) is 1. The second kappa shape index (κ2) is 8.24. The number of fused-ring (bicyclic) bond motifs is 1. The molecule has 150 valence electrons. The lowest BCUT2D eigenvalue weighted by atomic mass is 10.1. The number of esters is 1. The zero-order valence-corrected chi connectivity index (χ0v) is 17.0. The van der Waals surface area contributed by atoms with Gasteiger partial charge in [-0.05, 0) is 29.8 Å². The second-order valence-electron chi connectivity index (χ2n) is 6.90. The highest BCUT2D eigenvalue weighted by Crippen LogP contribution is 2.33. The Hall–Kier alpha value is -2.87. The topological polar surface area (TPSA) is 82.1 Å². The summed E-state index contributed by atoms with van der Waals surface area (Å²) in [7, 11) is 0. The van der Waals surface area contributed by atoms with Crippen molar-refractivity contribution in [1.29, 1.82) is 0 Å². The number of carbonyl (C=O) groups excluding carboxylic acids is 3. The Morgan fingerprint density at radius 3 is 2.66 bits per heavy atom. The van der Waals surface area contributed by atoms with Crippen molar-refractivity contribution in [2.45, 2.75) is 13.0 Å². The maximum Gasteiger partial charge on any atom is 0.311 e. The van der Waals surface area contributed by atoms with Gasteiger partial charge in [-0.2, -0.15) is 0 Å². The van der Waals surface area contributed by atoms with Gasteiger partial charge < -0.3 is 19.1 Å². The summed E-state index contributed by atoms with van der Waals surface area (Å²) < 4.78 is 16.7. The van der Waals surface area contributed by atoms with E-state index in [9.17, 15) is 14.4 Å². The number of benzene rings is 2. The molecule has 4 rings (SSSR count). The number of likely N-dealkylation sites (tertiary alicyclic amines) is 1. The van der Waals surface area contributed by atoms with E-state index in [1.807, 2.05) is 12.1 Å². The van der Waals surface area contributed by atoms with Gasteiger partial charge in [-0.1, -0.05) is 34.1 Å². The number of Topliss-reactive ketones (excluding diaryl/α,β-unsaturated/α-hetero) is 1. The van der Waals surface area contributed by atoms with Crippen LogP contribution in [0.4, 0.5) is 0 Å². The van der Waals surface area contributed by atoms with Gasteiger partial charge in [-0.25, -0.2) is 0 Å². The van der Waals surface area contributed by atoms with E-state index in [1.165, 1.54) is 0 Å². The van der Waals surface area contributed by atoms with E-state index in [4.69, 9.17) is 14.2 Å². The summed E-state index contributed by atoms with van der Waals surface area (Å²) in [6, 6.07) is 12.3. The van der Waals surface area contributed by atoms with Crippen LogP contribution in [0.3, 0.4) is 0 Å². The minimum Gasteiger partial charge on any atom is -0.457 e. The molecule has 2 heterocycles. The summed E-state index contributed by atoms with van der Waals surface area (Å²) in [6.45, 7) is 0.483. The Kier molecular flexibility index (Phi) is 5.53. The van der Waals surface area contributed by atoms with Gasteiger partial charge in [0, 0.05) is 29.5 Å². The van der Waals surface area contributed by atoms with Crippen LogP contribution >= 0.6 is 15.9 Å². The van der Waals surface area contributed by atoms with Crippen LogP contribution in [0.2, 0.25) is 0 Å². The molecular weight excluding hydrogens is 442 g/mol. The first-order valence-electron chi connectivity index (χ1n) is 9.11. The molecule has 1 fully saturated rings. The highest BCUT2D eigenvalue weighted by Gasteiger charge is 2.35. The quantitative estimate of drug-likeness (QED) is 0.487. The predicted molar refractivity (Wildman–Crippen MR) is 106 cm³/mol. The predicted octanol–water partition coefficient (Wildman–Crippen LogP) is 2.95. The Bertz CT molecular complexity index is 958. The SMILES string of the molecule is O=C(COC(=O)C1CC(=O)N(Cc2ccc3c(c2)OCO3)C1)c1ccc(Br)cc1. The minimum absolute atomic E-state index is 0.0792. The summed E-state index contributed by atoms with van der Waals surface area (Å²) in [6.07, 6.45) is 0.0792. The van der Waals surface area contributed by atoms with E-state index >= 15 is 0 Å². The molecule has 7 nitrogen and oxygen atoms in total. The fraction of sp³-hybridized carbons (Fsp3) is 0.286. The molecule has 2 aliphatic rings. The van der Waals surface area contributed by atoms with E-state index in [0.29, 0.717) is 23.6 Å². The van der Waals surface area contributed by atoms with Crippen molar-refractivity contribution >= 4 is 33.6 Å². The van der Waals surface area contributed by atoms with Gasteiger partial charge in [-0.15, -0.1) is 0 Å². The highest BCUT2D eigenvalue weighted by molar-refractivity contribution is 9.10.